The molecule has 0 bridgehead atoms. The molecule has 1 aliphatic carbocycles. The maximum absolute atomic E-state index is 13.7. The SMILES string of the molecule is Cc1nc2c3c(sc2c(N)c1C#N)NC1=C(C(=O)CC(C)(C)C1)C3c1ccc(F)cc1. The summed E-state index contributed by atoms with van der Waals surface area (Å²) in [5.74, 6) is -0.588. The van der Waals surface area contributed by atoms with Crippen LogP contribution in [0.4, 0.5) is 15.1 Å². The van der Waals surface area contributed by atoms with Crippen LogP contribution in [0, 0.1) is 29.5 Å². The predicted octanol–water partition coefficient (Wildman–Crippen LogP) is 5.40. The number of anilines is 2. The van der Waals surface area contributed by atoms with Gasteiger partial charge in [-0.05, 0) is 36.5 Å². The molecule has 1 atom stereocenters. The van der Waals surface area contributed by atoms with Gasteiger partial charge in [-0.3, -0.25) is 9.78 Å². The molecular formula is C24H21FN4OS. The van der Waals surface area contributed by atoms with E-state index in [9.17, 15) is 14.4 Å². The summed E-state index contributed by atoms with van der Waals surface area (Å²) in [6.07, 6.45) is 1.20. The van der Waals surface area contributed by atoms with Crippen LogP contribution in [0.1, 0.15) is 55.0 Å². The van der Waals surface area contributed by atoms with E-state index in [1.165, 1.54) is 23.5 Å². The van der Waals surface area contributed by atoms with Gasteiger partial charge in [0.25, 0.3) is 0 Å². The van der Waals surface area contributed by atoms with Crippen molar-refractivity contribution in [2.75, 3.05) is 11.1 Å². The van der Waals surface area contributed by atoms with E-state index in [1.807, 2.05) is 0 Å². The van der Waals surface area contributed by atoms with Crippen molar-refractivity contribution in [1.29, 1.82) is 5.26 Å². The number of ketones is 1. The molecule has 5 nitrogen and oxygen atoms in total. The number of halogens is 1. The van der Waals surface area contributed by atoms with Crippen LogP contribution in [0.25, 0.3) is 10.2 Å². The van der Waals surface area contributed by atoms with Crippen molar-refractivity contribution in [3.8, 4) is 6.07 Å². The van der Waals surface area contributed by atoms with Gasteiger partial charge < -0.3 is 11.1 Å². The molecule has 7 heteroatoms. The lowest BCUT2D eigenvalue weighted by molar-refractivity contribution is -0.118. The summed E-state index contributed by atoms with van der Waals surface area (Å²) < 4.78 is 14.4. The maximum atomic E-state index is 13.7. The van der Waals surface area contributed by atoms with Gasteiger partial charge >= 0.3 is 0 Å². The van der Waals surface area contributed by atoms with E-state index < -0.39 is 0 Å². The number of pyridine rings is 1. The molecule has 1 aromatic carbocycles. The first-order valence-corrected chi connectivity index (χ1v) is 10.9. The molecule has 1 unspecified atom stereocenters. The quantitative estimate of drug-likeness (QED) is 0.537. The fraction of sp³-hybridized carbons (Fsp3) is 0.292. The Morgan fingerprint density at radius 3 is 2.68 bits per heavy atom. The van der Waals surface area contributed by atoms with Crippen LogP contribution in [0.15, 0.2) is 35.5 Å². The number of fused-ring (bicyclic) bond motifs is 3. The molecule has 3 N–H and O–H groups in total. The normalized spacial score (nSPS) is 19.6. The number of benzene rings is 1. The Morgan fingerprint density at radius 1 is 1.29 bits per heavy atom. The molecule has 0 amide bonds. The molecule has 0 spiro atoms. The zero-order valence-electron chi connectivity index (χ0n) is 17.5. The number of nitrogens with zero attached hydrogens (tertiary/aromatic N) is 2. The van der Waals surface area contributed by atoms with Crippen molar-refractivity contribution >= 4 is 38.0 Å². The van der Waals surface area contributed by atoms with Gasteiger partial charge in [-0.2, -0.15) is 5.26 Å². The first kappa shape index (κ1) is 19.7. The summed E-state index contributed by atoms with van der Waals surface area (Å²) in [7, 11) is 0. The third-order valence-corrected chi connectivity index (χ3v) is 7.29. The maximum Gasteiger partial charge on any atom is 0.162 e. The molecule has 0 fully saturated rings. The number of allylic oxidation sites excluding steroid dienone is 2. The van der Waals surface area contributed by atoms with Crippen LogP contribution < -0.4 is 11.1 Å². The lowest BCUT2D eigenvalue weighted by Crippen LogP contribution is -2.33. The Kier molecular flexibility index (Phi) is 4.21. The van der Waals surface area contributed by atoms with Gasteiger partial charge in [-0.1, -0.05) is 26.0 Å². The molecule has 3 aromatic rings. The number of nitrogen functional groups attached to an aromatic ring is 1. The largest absolute Gasteiger partial charge is 0.396 e. The summed E-state index contributed by atoms with van der Waals surface area (Å²) in [4.78, 5) is 18.1. The number of nitriles is 1. The van der Waals surface area contributed by atoms with Gasteiger partial charge in [0.05, 0.1) is 32.2 Å². The number of nitrogens with one attached hydrogen (secondary N) is 1. The molecular weight excluding hydrogens is 411 g/mol. The Morgan fingerprint density at radius 2 is 2.00 bits per heavy atom. The van der Waals surface area contributed by atoms with Gasteiger partial charge in [0.2, 0.25) is 0 Å². The second-order valence-electron chi connectivity index (χ2n) is 9.06. The first-order valence-electron chi connectivity index (χ1n) is 10.1. The van der Waals surface area contributed by atoms with Crippen molar-refractivity contribution in [1.82, 2.24) is 4.98 Å². The second-order valence-corrected chi connectivity index (χ2v) is 10.1. The minimum atomic E-state index is -0.358. The topological polar surface area (TPSA) is 91.8 Å². The highest BCUT2D eigenvalue weighted by molar-refractivity contribution is 7.23. The summed E-state index contributed by atoms with van der Waals surface area (Å²) in [5.41, 5.74) is 11.6. The highest BCUT2D eigenvalue weighted by Gasteiger charge is 2.42. The zero-order valence-corrected chi connectivity index (χ0v) is 18.3. The van der Waals surface area contributed by atoms with Gasteiger partial charge in [0.1, 0.15) is 11.9 Å². The molecule has 31 heavy (non-hydrogen) atoms. The van der Waals surface area contributed by atoms with Crippen LogP contribution in [-0.2, 0) is 4.79 Å². The Balaban J connectivity index is 1.83. The van der Waals surface area contributed by atoms with E-state index >= 15 is 0 Å². The van der Waals surface area contributed by atoms with Crippen LogP contribution in [0.3, 0.4) is 0 Å². The average Bonchev–Trinajstić information content (AvgIpc) is 3.05. The van der Waals surface area contributed by atoms with Crippen LogP contribution >= 0.6 is 11.3 Å². The number of thiophene rings is 1. The third kappa shape index (κ3) is 2.94. The van der Waals surface area contributed by atoms with Crippen molar-refractivity contribution in [3.63, 3.8) is 0 Å². The highest BCUT2D eigenvalue weighted by atomic mass is 32.1. The van der Waals surface area contributed by atoms with Gasteiger partial charge in [0.15, 0.2) is 5.78 Å². The number of hydrogen-bond acceptors (Lipinski definition) is 6. The summed E-state index contributed by atoms with van der Waals surface area (Å²) in [5, 5.41) is 13.9. The molecule has 0 saturated heterocycles. The zero-order chi connectivity index (χ0) is 22.1. The summed E-state index contributed by atoms with van der Waals surface area (Å²) in [6.45, 7) is 5.94. The average molecular weight is 433 g/mol. The number of aromatic nitrogens is 1. The van der Waals surface area contributed by atoms with Crippen molar-refractivity contribution in [2.45, 2.75) is 39.5 Å². The van der Waals surface area contributed by atoms with Crippen LogP contribution in [0.2, 0.25) is 0 Å². The Hall–Kier alpha value is -3.24. The number of Topliss-reactive ketones (excluding diaryl/α,β-unsaturated/α-hetero) is 1. The molecule has 5 rings (SSSR count). The number of carbonyl (C=O) groups excluding carboxylic acids is 1. The number of rotatable bonds is 1. The standard InChI is InChI=1S/C24H21FN4OS/c1-11-14(10-26)20(27)22-21(28-11)19-17(12-4-6-13(25)7-5-12)18-15(29-23(19)31-22)8-24(2,3)9-16(18)30/h4-7,17,29H,8-9H2,1-3H3,(H2,27,28). The molecule has 0 radical (unpaired) electrons. The Labute approximate surface area is 183 Å². The fourth-order valence-electron chi connectivity index (χ4n) is 4.81. The smallest absolute Gasteiger partial charge is 0.162 e. The van der Waals surface area contributed by atoms with E-state index in [1.54, 1.807) is 19.1 Å². The lowest BCUT2D eigenvalue weighted by atomic mass is 9.69. The second kappa shape index (κ2) is 6.63. The summed E-state index contributed by atoms with van der Waals surface area (Å²) >= 11 is 1.45. The summed E-state index contributed by atoms with van der Waals surface area (Å²) in [6, 6.07) is 8.45. The molecule has 156 valence electrons. The minimum absolute atomic E-state index is 0.0939. The van der Waals surface area contributed by atoms with Crippen molar-refractivity contribution in [3.05, 3.63) is 63.7 Å². The minimum Gasteiger partial charge on any atom is -0.396 e. The molecule has 2 aromatic heterocycles. The van der Waals surface area contributed by atoms with E-state index in [4.69, 9.17) is 10.7 Å². The number of hydrogen-bond donors (Lipinski definition) is 2. The van der Waals surface area contributed by atoms with E-state index in [-0.39, 0.29) is 22.9 Å². The van der Waals surface area contributed by atoms with Crippen molar-refractivity contribution in [2.24, 2.45) is 5.41 Å². The molecule has 0 saturated carbocycles. The van der Waals surface area contributed by atoms with Gasteiger partial charge in [-0.15, -0.1) is 11.3 Å². The molecule has 3 heterocycles. The van der Waals surface area contributed by atoms with Crippen molar-refractivity contribution < 1.29 is 9.18 Å². The van der Waals surface area contributed by atoms with Gasteiger partial charge in [-0.25, -0.2) is 4.39 Å². The molecule has 1 aliphatic heterocycles. The predicted molar refractivity (Wildman–Crippen MR) is 120 cm³/mol. The fourth-order valence-corrected chi connectivity index (χ4v) is 5.98. The monoisotopic (exact) mass is 432 g/mol. The lowest BCUT2D eigenvalue weighted by Gasteiger charge is -2.38. The highest BCUT2D eigenvalue weighted by Crippen LogP contribution is 2.54. The molecule has 2 aliphatic rings. The van der Waals surface area contributed by atoms with Crippen LogP contribution in [0.5, 0.6) is 0 Å². The third-order valence-electron chi connectivity index (χ3n) is 6.15. The van der Waals surface area contributed by atoms with E-state index in [0.717, 1.165) is 38.5 Å². The Bertz CT molecular complexity index is 1340. The number of aryl methyl sites for hydroxylation is 1. The first-order chi connectivity index (χ1) is 14.7. The van der Waals surface area contributed by atoms with Crippen LogP contribution in [-0.4, -0.2) is 10.8 Å². The number of carbonyl (C=O) groups is 1. The van der Waals surface area contributed by atoms with E-state index in [0.29, 0.717) is 28.9 Å². The van der Waals surface area contributed by atoms with E-state index in [2.05, 4.69) is 25.2 Å². The number of nitrogens with two attached hydrogens (primary N) is 1. The van der Waals surface area contributed by atoms with Gasteiger partial charge in [0, 0.05) is 29.2 Å².